The van der Waals surface area contributed by atoms with Crippen molar-refractivity contribution in [2.24, 2.45) is 11.3 Å². The Bertz CT molecular complexity index is 1230. The fraction of sp³-hybridized carbons (Fsp3) is 0.517. The van der Waals surface area contributed by atoms with Gasteiger partial charge in [0.25, 0.3) is 0 Å². The van der Waals surface area contributed by atoms with Gasteiger partial charge in [-0.25, -0.2) is 4.39 Å². The Morgan fingerprint density at radius 3 is 2.44 bits per heavy atom. The lowest BCUT2D eigenvalue weighted by molar-refractivity contribution is -0.124. The molecule has 7 heteroatoms. The van der Waals surface area contributed by atoms with Gasteiger partial charge in [-0.2, -0.15) is 0 Å². The van der Waals surface area contributed by atoms with Gasteiger partial charge >= 0.3 is 0 Å². The van der Waals surface area contributed by atoms with Crippen LogP contribution in [-0.4, -0.2) is 23.3 Å². The average molecular weight is 531 g/mol. The van der Waals surface area contributed by atoms with E-state index in [4.69, 9.17) is 23.2 Å². The zero-order valence-corrected chi connectivity index (χ0v) is 22.7. The fourth-order valence-corrected chi connectivity index (χ4v) is 8.00. The van der Waals surface area contributed by atoms with Crippen molar-refractivity contribution in [1.29, 1.82) is 0 Å². The summed E-state index contributed by atoms with van der Waals surface area (Å²) in [5.41, 5.74) is -0.0764. The Morgan fingerprint density at radius 1 is 1.11 bits per heavy atom. The first-order chi connectivity index (χ1) is 17.0. The van der Waals surface area contributed by atoms with Crippen LogP contribution in [0.25, 0.3) is 0 Å². The summed E-state index contributed by atoms with van der Waals surface area (Å²) in [7, 11) is 0. The van der Waals surface area contributed by atoms with Crippen LogP contribution in [0.15, 0.2) is 36.4 Å². The highest BCUT2D eigenvalue weighted by atomic mass is 35.5. The van der Waals surface area contributed by atoms with Crippen LogP contribution in [0.2, 0.25) is 10.0 Å². The van der Waals surface area contributed by atoms with Gasteiger partial charge in [0.15, 0.2) is 5.78 Å². The van der Waals surface area contributed by atoms with Crippen molar-refractivity contribution in [3.05, 3.63) is 63.4 Å². The molecule has 0 radical (unpaired) electrons. The molecule has 3 aliphatic rings. The molecule has 1 amide bonds. The number of ketones is 1. The summed E-state index contributed by atoms with van der Waals surface area (Å²) in [6, 6.07) is 9.48. The zero-order valence-electron chi connectivity index (χ0n) is 21.2. The molecule has 2 heterocycles. The van der Waals surface area contributed by atoms with Gasteiger partial charge in [-0.05, 0) is 66.3 Å². The van der Waals surface area contributed by atoms with Crippen molar-refractivity contribution in [1.82, 2.24) is 5.32 Å². The molecule has 1 spiro atoms. The molecule has 3 unspecified atom stereocenters. The van der Waals surface area contributed by atoms with Crippen molar-refractivity contribution in [2.75, 3.05) is 5.32 Å². The summed E-state index contributed by atoms with van der Waals surface area (Å²) in [4.78, 5) is 28.2. The Balaban J connectivity index is 1.72. The third kappa shape index (κ3) is 3.57. The number of benzene rings is 2. The quantitative estimate of drug-likeness (QED) is 0.421. The van der Waals surface area contributed by atoms with E-state index in [2.05, 4.69) is 24.5 Å². The molecule has 4 nitrogen and oxygen atoms in total. The van der Waals surface area contributed by atoms with Gasteiger partial charge < -0.3 is 5.32 Å². The lowest BCUT2D eigenvalue weighted by atomic mass is 9.57. The van der Waals surface area contributed by atoms with Gasteiger partial charge in [0.2, 0.25) is 5.91 Å². The van der Waals surface area contributed by atoms with Gasteiger partial charge in [0.1, 0.15) is 11.2 Å². The summed E-state index contributed by atoms with van der Waals surface area (Å²) >= 11 is 12.5. The van der Waals surface area contributed by atoms with Crippen molar-refractivity contribution in [3.8, 4) is 0 Å². The van der Waals surface area contributed by atoms with Crippen molar-refractivity contribution < 1.29 is 14.0 Å². The molecule has 3 atom stereocenters. The third-order valence-electron chi connectivity index (χ3n) is 9.04. The van der Waals surface area contributed by atoms with E-state index in [9.17, 15) is 9.59 Å². The summed E-state index contributed by atoms with van der Waals surface area (Å²) in [6.07, 6.45) is 3.55. The van der Waals surface area contributed by atoms with Gasteiger partial charge in [-0.3, -0.25) is 14.9 Å². The third-order valence-corrected chi connectivity index (χ3v) is 9.57. The predicted molar refractivity (Wildman–Crippen MR) is 142 cm³/mol. The molecule has 2 aromatic carbocycles. The summed E-state index contributed by atoms with van der Waals surface area (Å²) in [5, 5.41) is 7.15. The minimum Gasteiger partial charge on any atom is -0.325 e. The summed E-state index contributed by atoms with van der Waals surface area (Å²) in [6.45, 7) is 8.47. The largest absolute Gasteiger partial charge is 0.325 e. The molecule has 5 rings (SSSR count). The van der Waals surface area contributed by atoms with Crippen LogP contribution in [0, 0.1) is 17.2 Å². The second-order valence-corrected chi connectivity index (χ2v) is 12.4. The molecule has 2 aromatic rings. The number of carbonyl (C=O) groups excluding carboxylic acids is 2. The first-order valence-corrected chi connectivity index (χ1v) is 13.6. The van der Waals surface area contributed by atoms with E-state index in [0.29, 0.717) is 41.5 Å². The van der Waals surface area contributed by atoms with Crippen molar-refractivity contribution in [2.45, 2.75) is 82.7 Å². The van der Waals surface area contributed by atoms with E-state index in [-0.39, 0.29) is 22.1 Å². The number of halogens is 3. The Morgan fingerprint density at radius 2 is 1.81 bits per heavy atom. The number of carbonyl (C=O) groups is 2. The highest BCUT2D eigenvalue weighted by Gasteiger charge is 2.71. The lowest BCUT2D eigenvalue weighted by Crippen LogP contribution is -2.58. The molecule has 2 aliphatic heterocycles. The SMILES string of the molecule is CCC1(CC)NC(C(=O)CC2CC(C)(C)C2)C(c2cccc(Cl)c2F)C12C(=O)Nc1cc(Cl)ccc12. The average Bonchev–Trinajstić information content (AvgIpc) is 3.27. The van der Waals surface area contributed by atoms with Crippen LogP contribution in [0.4, 0.5) is 10.1 Å². The van der Waals surface area contributed by atoms with Crippen LogP contribution in [0.5, 0.6) is 0 Å². The van der Waals surface area contributed by atoms with Gasteiger partial charge in [0.05, 0.1) is 11.1 Å². The second kappa shape index (κ2) is 8.82. The zero-order chi connectivity index (χ0) is 26.0. The first-order valence-electron chi connectivity index (χ1n) is 12.9. The van der Waals surface area contributed by atoms with Crippen molar-refractivity contribution >= 4 is 40.6 Å². The number of amides is 1. The number of rotatable bonds is 6. The summed E-state index contributed by atoms with van der Waals surface area (Å²) < 4.78 is 15.8. The molecule has 1 saturated carbocycles. The number of hydrogen-bond donors (Lipinski definition) is 2. The molecule has 1 saturated heterocycles. The van der Waals surface area contributed by atoms with Crippen molar-refractivity contribution in [3.63, 3.8) is 0 Å². The Hall–Kier alpha value is -1.95. The van der Waals surface area contributed by atoms with E-state index in [1.54, 1.807) is 24.3 Å². The van der Waals surface area contributed by atoms with Crippen LogP contribution in [-0.2, 0) is 15.0 Å². The Labute approximate surface area is 222 Å². The monoisotopic (exact) mass is 530 g/mol. The van der Waals surface area contributed by atoms with E-state index >= 15 is 4.39 Å². The van der Waals surface area contributed by atoms with Gasteiger partial charge in [0, 0.05) is 28.6 Å². The molecule has 0 bridgehead atoms. The Kier molecular flexibility index (Phi) is 6.29. The normalized spacial score (nSPS) is 28.1. The van der Waals surface area contributed by atoms with Gasteiger partial charge in [-0.15, -0.1) is 0 Å². The highest BCUT2D eigenvalue weighted by Crippen LogP contribution is 2.61. The topological polar surface area (TPSA) is 58.2 Å². The molecule has 0 aromatic heterocycles. The predicted octanol–water partition coefficient (Wildman–Crippen LogP) is 7.03. The van der Waals surface area contributed by atoms with Gasteiger partial charge in [-0.1, -0.05) is 69.1 Å². The summed E-state index contributed by atoms with van der Waals surface area (Å²) in [5.74, 6) is -1.25. The van der Waals surface area contributed by atoms with E-state index in [1.807, 2.05) is 19.9 Å². The number of hydrogen-bond acceptors (Lipinski definition) is 3. The van der Waals surface area contributed by atoms with E-state index < -0.39 is 28.7 Å². The standard InChI is InChI=1S/C29H33Cl2FN2O2/c1-5-28(6-2)29(19-11-10-17(30)13-21(19)33-26(29)36)23(18-8-7-9-20(31)24(18)32)25(34-28)22(35)12-16-14-27(3,4)15-16/h7-11,13,16,23,25,34H,5-6,12,14-15H2,1-4H3,(H,33,36). The molecular weight excluding hydrogens is 498 g/mol. The minimum atomic E-state index is -1.21. The lowest BCUT2D eigenvalue weighted by Gasteiger charge is -2.44. The van der Waals surface area contributed by atoms with E-state index in [1.165, 1.54) is 6.07 Å². The molecular formula is C29H33Cl2FN2O2. The van der Waals surface area contributed by atoms with E-state index in [0.717, 1.165) is 18.4 Å². The maximum Gasteiger partial charge on any atom is 0.237 e. The number of Topliss-reactive ketones (excluding diaryl/α,β-unsaturated/α-hetero) is 1. The minimum absolute atomic E-state index is 0.0187. The maximum atomic E-state index is 15.8. The maximum absolute atomic E-state index is 15.8. The van der Waals surface area contributed by atoms with Crippen LogP contribution < -0.4 is 10.6 Å². The molecule has 192 valence electrons. The molecule has 1 aliphatic carbocycles. The smallest absolute Gasteiger partial charge is 0.237 e. The number of anilines is 1. The fourth-order valence-electron chi connectivity index (χ4n) is 7.64. The first kappa shape index (κ1) is 25.7. The number of fused-ring (bicyclic) bond motifs is 2. The molecule has 2 N–H and O–H groups in total. The highest BCUT2D eigenvalue weighted by molar-refractivity contribution is 6.31. The molecule has 36 heavy (non-hydrogen) atoms. The van der Waals surface area contributed by atoms with Crippen LogP contribution in [0.1, 0.15) is 76.8 Å². The van der Waals surface area contributed by atoms with Crippen LogP contribution in [0.3, 0.4) is 0 Å². The molecule has 2 fully saturated rings. The second-order valence-electron chi connectivity index (χ2n) is 11.6. The number of nitrogens with one attached hydrogen (secondary N) is 2. The van der Waals surface area contributed by atoms with Crippen LogP contribution >= 0.6 is 23.2 Å².